The Labute approximate surface area is 273 Å². The van der Waals surface area contributed by atoms with Crippen molar-refractivity contribution in [1.82, 2.24) is 24.7 Å². The molecule has 3 aliphatic rings. The normalized spacial score (nSPS) is 21.7. The van der Waals surface area contributed by atoms with Gasteiger partial charge in [0.15, 0.2) is 0 Å². The molecule has 46 heavy (non-hydrogen) atoms. The zero-order valence-electron chi connectivity index (χ0n) is 27.6. The van der Waals surface area contributed by atoms with Crippen LogP contribution in [0.25, 0.3) is 10.8 Å². The Morgan fingerprint density at radius 3 is 2.74 bits per heavy atom. The van der Waals surface area contributed by atoms with Gasteiger partial charge in [0.05, 0.1) is 24.7 Å². The number of nitriles is 1. The van der Waals surface area contributed by atoms with Gasteiger partial charge in [0, 0.05) is 61.4 Å². The van der Waals surface area contributed by atoms with Gasteiger partial charge in [-0.15, -0.1) is 0 Å². The number of anilines is 2. The molecule has 0 aliphatic carbocycles. The van der Waals surface area contributed by atoms with Crippen molar-refractivity contribution in [3.05, 3.63) is 65.9 Å². The summed E-state index contributed by atoms with van der Waals surface area (Å²) in [5, 5.41) is 23.3. The molecular weight excluding hydrogens is 576 g/mol. The summed E-state index contributed by atoms with van der Waals surface area (Å²) in [6.45, 7) is 9.14. The van der Waals surface area contributed by atoms with Gasteiger partial charge < -0.3 is 24.5 Å². The van der Waals surface area contributed by atoms with E-state index in [1.54, 1.807) is 0 Å². The molecule has 3 atom stereocenters. The van der Waals surface area contributed by atoms with Crippen molar-refractivity contribution < 1.29 is 9.84 Å². The van der Waals surface area contributed by atoms with Crippen LogP contribution in [0.15, 0.2) is 54.6 Å². The Bertz CT molecular complexity index is 1550. The number of rotatable bonds is 11. The second-order valence-electron chi connectivity index (χ2n) is 13.0. The number of likely N-dealkylation sites (N-methyl/N-ethyl adjacent to an activating group) is 2. The average Bonchev–Trinajstić information content (AvgIpc) is 3.54. The van der Waals surface area contributed by atoms with Gasteiger partial charge in [0.2, 0.25) is 0 Å². The quantitative estimate of drug-likeness (QED) is 0.317. The van der Waals surface area contributed by atoms with Crippen LogP contribution in [0.2, 0.25) is 0 Å². The van der Waals surface area contributed by atoms with Gasteiger partial charge >= 0.3 is 6.01 Å². The molecule has 1 unspecified atom stereocenters. The molecule has 10 nitrogen and oxygen atoms in total. The molecule has 6 rings (SSSR count). The van der Waals surface area contributed by atoms with Gasteiger partial charge in [-0.25, -0.2) is 0 Å². The number of likely N-dealkylation sites (tertiary alicyclic amines) is 1. The summed E-state index contributed by atoms with van der Waals surface area (Å²) in [6, 6.07) is 18.1. The van der Waals surface area contributed by atoms with Crippen molar-refractivity contribution in [2.45, 2.75) is 57.5 Å². The summed E-state index contributed by atoms with van der Waals surface area (Å²) in [6.07, 6.45) is 6.55. The number of piperazine rings is 1. The summed E-state index contributed by atoms with van der Waals surface area (Å²) in [4.78, 5) is 21.4. The number of benzene rings is 2. The molecule has 0 bridgehead atoms. The highest BCUT2D eigenvalue weighted by atomic mass is 16.5. The first-order chi connectivity index (χ1) is 22.4. The van der Waals surface area contributed by atoms with E-state index in [0.29, 0.717) is 51.3 Å². The van der Waals surface area contributed by atoms with Crippen molar-refractivity contribution in [2.24, 2.45) is 0 Å². The lowest BCUT2D eigenvalue weighted by Crippen LogP contribution is -2.56. The Hall–Kier alpha value is -3.75. The first-order valence-corrected chi connectivity index (χ1v) is 16.8. The second-order valence-corrected chi connectivity index (χ2v) is 13.0. The zero-order valence-corrected chi connectivity index (χ0v) is 27.6. The third-order valence-corrected chi connectivity index (χ3v) is 9.71. The lowest BCUT2D eigenvalue weighted by atomic mass is 10.0. The lowest BCUT2D eigenvalue weighted by Gasteiger charge is -2.43. The van der Waals surface area contributed by atoms with E-state index in [1.165, 1.54) is 22.9 Å². The Balaban J connectivity index is 1.28. The molecule has 1 N–H and O–H groups in total. The minimum atomic E-state index is -0.735. The highest BCUT2D eigenvalue weighted by Gasteiger charge is 2.34. The third-order valence-electron chi connectivity index (χ3n) is 9.71. The summed E-state index contributed by atoms with van der Waals surface area (Å²) >= 11 is 0. The third kappa shape index (κ3) is 7.13. The van der Waals surface area contributed by atoms with E-state index < -0.39 is 6.23 Å². The lowest BCUT2D eigenvalue weighted by molar-refractivity contribution is 0.00387. The maximum Gasteiger partial charge on any atom is 0.318 e. The number of nitrogens with zero attached hydrogens (tertiary/aromatic N) is 8. The fourth-order valence-electron chi connectivity index (χ4n) is 7.28. The molecule has 0 spiro atoms. The van der Waals surface area contributed by atoms with E-state index in [2.05, 4.69) is 75.1 Å². The molecule has 3 aromatic rings. The number of hydrogen-bond acceptors (Lipinski definition) is 10. The van der Waals surface area contributed by atoms with Gasteiger partial charge in [-0.05, 0) is 64.0 Å². The van der Waals surface area contributed by atoms with E-state index in [-0.39, 0.29) is 6.04 Å². The van der Waals surface area contributed by atoms with Crippen molar-refractivity contribution in [1.29, 1.82) is 5.26 Å². The van der Waals surface area contributed by atoms with E-state index in [9.17, 15) is 10.4 Å². The van der Waals surface area contributed by atoms with Gasteiger partial charge in [0.1, 0.15) is 18.7 Å². The summed E-state index contributed by atoms with van der Waals surface area (Å²) in [5.74, 6) is 0.913. The van der Waals surface area contributed by atoms with Crippen molar-refractivity contribution >= 4 is 22.3 Å². The van der Waals surface area contributed by atoms with Crippen molar-refractivity contribution in [3.63, 3.8) is 0 Å². The minimum Gasteiger partial charge on any atom is -0.462 e. The maximum atomic E-state index is 11.0. The number of ether oxygens (including phenoxy) is 1. The number of aliphatic hydroxyl groups is 1. The van der Waals surface area contributed by atoms with Crippen LogP contribution in [-0.2, 0) is 13.0 Å². The fraction of sp³-hybridized carbons (Fsp3) is 0.528. The number of hydrogen-bond donors (Lipinski definition) is 1. The molecule has 2 aromatic carbocycles. The zero-order chi connectivity index (χ0) is 32.0. The Morgan fingerprint density at radius 2 is 1.91 bits per heavy atom. The van der Waals surface area contributed by atoms with E-state index >= 15 is 0 Å². The van der Waals surface area contributed by atoms with Gasteiger partial charge in [-0.2, -0.15) is 15.2 Å². The Kier molecular flexibility index (Phi) is 10.3. The molecular formula is C36H48N8O2. The number of fused-ring (bicyclic) bond motifs is 2. The van der Waals surface area contributed by atoms with E-state index in [4.69, 9.17) is 14.7 Å². The fourth-order valence-corrected chi connectivity index (χ4v) is 7.28. The van der Waals surface area contributed by atoms with Gasteiger partial charge in [-0.3, -0.25) is 9.80 Å². The molecule has 0 radical (unpaired) electrons. The smallest absolute Gasteiger partial charge is 0.318 e. The van der Waals surface area contributed by atoms with Crippen LogP contribution >= 0.6 is 0 Å². The molecule has 244 valence electrons. The van der Waals surface area contributed by atoms with Gasteiger partial charge in [-0.1, -0.05) is 49.4 Å². The highest BCUT2D eigenvalue weighted by molar-refractivity contribution is 5.94. The summed E-state index contributed by atoms with van der Waals surface area (Å²) < 4.78 is 6.40. The molecule has 2 saturated heterocycles. The molecule has 10 heteroatoms. The largest absolute Gasteiger partial charge is 0.462 e. The average molecular weight is 625 g/mol. The first-order valence-electron chi connectivity index (χ1n) is 16.8. The monoisotopic (exact) mass is 624 g/mol. The Morgan fingerprint density at radius 1 is 1.07 bits per heavy atom. The van der Waals surface area contributed by atoms with Crippen LogP contribution in [0.5, 0.6) is 6.01 Å². The predicted octanol–water partition coefficient (Wildman–Crippen LogP) is 3.90. The standard InChI is InChI=1S/C36H48N8O2/c1-4-41-20-8-12-29(41)26-46-36-38-32-25-42(33-14-7-11-27-10-5-6-13-30(27)33)21-17-31(32)35(39-36)43-22-23-44(28(24-43)16-18-37)34(45)15-9-19-40(2)3/h5-7,9-11,13-15,28-29,34,45H,4,8,12,16-17,19-26H2,1-3H3/b15-9+/t28-,29-,34?/m0/s1. The first kappa shape index (κ1) is 32.2. The summed E-state index contributed by atoms with van der Waals surface area (Å²) in [5.41, 5.74) is 3.38. The van der Waals surface area contributed by atoms with Crippen LogP contribution in [-0.4, -0.2) is 115 Å². The van der Waals surface area contributed by atoms with Crippen LogP contribution in [0.4, 0.5) is 11.5 Å². The van der Waals surface area contributed by atoms with Crippen LogP contribution < -0.4 is 14.5 Å². The topological polar surface area (TPSA) is 95.2 Å². The molecule has 3 aliphatic heterocycles. The second kappa shape index (κ2) is 14.8. The minimum absolute atomic E-state index is 0.125. The van der Waals surface area contributed by atoms with Gasteiger partial charge in [0.25, 0.3) is 0 Å². The van der Waals surface area contributed by atoms with E-state index in [0.717, 1.165) is 56.1 Å². The molecule has 4 heterocycles. The van der Waals surface area contributed by atoms with Crippen LogP contribution in [0.3, 0.4) is 0 Å². The summed E-state index contributed by atoms with van der Waals surface area (Å²) in [7, 11) is 4.01. The maximum absolute atomic E-state index is 11.0. The van der Waals surface area contributed by atoms with E-state index in [1.807, 2.05) is 31.1 Å². The van der Waals surface area contributed by atoms with Crippen molar-refractivity contribution in [3.8, 4) is 12.1 Å². The van der Waals surface area contributed by atoms with Crippen molar-refractivity contribution in [2.75, 3.05) is 76.3 Å². The SMILES string of the molecule is CCN1CCC[C@H]1COc1nc2c(c(N3CCN(C(O)/C=C/CN(C)C)[C@@H](CC#N)C3)n1)CCN(c1cccc3ccccc13)C2. The molecule has 0 amide bonds. The number of aromatic nitrogens is 2. The predicted molar refractivity (Wildman–Crippen MR) is 183 cm³/mol. The molecule has 1 aromatic heterocycles. The highest BCUT2D eigenvalue weighted by Crippen LogP contribution is 2.35. The number of aliphatic hydroxyl groups excluding tert-OH is 1. The molecule has 0 saturated carbocycles. The molecule has 2 fully saturated rings. The van der Waals surface area contributed by atoms with Crippen LogP contribution in [0.1, 0.15) is 37.4 Å². The van der Waals surface area contributed by atoms with Crippen LogP contribution in [0, 0.1) is 11.3 Å².